The quantitative estimate of drug-likeness (QED) is 0.840. The highest BCUT2D eigenvalue weighted by Crippen LogP contribution is 2.38. The SMILES string of the molecule is CCOC(C)CNCC1CSc2ccccc21. The zero-order chi connectivity index (χ0) is 12.1. The first kappa shape index (κ1) is 12.9. The third kappa shape index (κ3) is 3.47. The van der Waals surface area contributed by atoms with Crippen LogP contribution in [0.4, 0.5) is 0 Å². The van der Waals surface area contributed by atoms with Crippen molar-refractivity contribution in [2.24, 2.45) is 0 Å². The van der Waals surface area contributed by atoms with Gasteiger partial charge in [-0.25, -0.2) is 0 Å². The maximum absolute atomic E-state index is 5.51. The molecule has 17 heavy (non-hydrogen) atoms. The molecule has 94 valence electrons. The Morgan fingerprint density at radius 1 is 1.47 bits per heavy atom. The van der Waals surface area contributed by atoms with Gasteiger partial charge in [0.25, 0.3) is 0 Å². The van der Waals surface area contributed by atoms with Gasteiger partial charge in [0.1, 0.15) is 0 Å². The Hall–Kier alpha value is -0.510. The van der Waals surface area contributed by atoms with Gasteiger partial charge in [0, 0.05) is 36.3 Å². The molecule has 2 nitrogen and oxygen atoms in total. The Balaban J connectivity index is 1.78. The summed E-state index contributed by atoms with van der Waals surface area (Å²) in [6.45, 7) is 6.96. The molecule has 1 aliphatic heterocycles. The molecule has 0 amide bonds. The molecule has 0 saturated carbocycles. The van der Waals surface area contributed by atoms with Crippen molar-refractivity contribution in [3.05, 3.63) is 29.8 Å². The number of hydrogen-bond acceptors (Lipinski definition) is 3. The van der Waals surface area contributed by atoms with Gasteiger partial charge >= 0.3 is 0 Å². The van der Waals surface area contributed by atoms with Crippen LogP contribution < -0.4 is 5.32 Å². The lowest BCUT2D eigenvalue weighted by Gasteiger charge is -2.15. The van der Waals surface area contributed by atoms with Crippen molar-refractivity contribution in [3.8, 4) is 0 Å². The minimum atomic E-state index is 0.310. The fourth-order valence-electron chi connectivity index (χ4n) is 2.20. The van der Waals surface area contributed by atoms with E-state index < -0.39 is 0 Å². The van der Waals surface area contributed by atoms with E-state index in [1.165, 1.54) is 16.2 Å². The van der Waals surface area contributed by atoms with Crippen LogP contribution >= 0.6 is 11.8 Å². The summed E-state index contributed by atoms with van der Waals surface area (Å²) in [5.74, 6) is 1.86. The number of nitrogens with one attached hydrogen (secondary N) is 1. The first-order valence-corrected chi connectivity index (χ1v) is 7.34. The minimum Gasteiger partial charge on any atom is -0.377 e. The predicted molar refractivity (Wildman–Crippen MR) is 73.9 cm³/mol. The molecule has 3 heteroatoms. The molecule has 0 bridgehead atoms. The topological polar surface area (TPSA) is 21.3 Å². The maximum atomic E-state index is 5.51. The van der Waals surface area contributed by atoms with Gasteiger partial charge in [-0.2, -0.15) is 0 Å². The van der Waals surface area contributed by atoms with Crippen molar-refractivity contribution in [3.63, 3.8) is 0 Å². The van der Waals surface area contributed by atoms with E-state index in [0.29, 0.717) is 12.0 Å². The van der Waals surface area contributed by atoms with E-state index in [4.69, 9.17) is 4.74 Å². The molecule has 2 unspecified atom stereocenters. The van der Waals surface area contributed by atoms with Crippen LogP contribution in [0.5, 0.6) is 0 Å². The predicted octanol–water partition coefficient (Wildman–Crippen LogP) is 2.89. The number of rotatable bonds is 6. The normalized spacial score (nSPS) is 20.2. The van der Waals surface area contributed by atoms with Crippen LogP contribution in [0.2, 0.25) is 0 Å². The Morgan fingerprint density at radius 3 is 3.12 bits per heavy atom. The number of benzene rings is 1. The van der Waals surface area contributed by atoms with E-state index in [1.54, 1.807) is 0 Å². The summed E-state index contributed by atoms with van der Waals surface area (Å²) >= 11 is 1.97. The van der Waals surface area contributed by atoms with Crippen molar-refractivity contribution in [1.29, 1.82) is 0 Å². The fraction of sp³-hybridized carbons (Fsp3) is 0.571. The van der Waals surface area contributed by atoms with Gasteiger partial charge in [0.15, 0.2) is 0 Å². The molecule has 2 rings (SSSR count). The van der Waals surface area contributed by atoms with Gasteiger partial charge < -0.3 is 10.1 Å². The van der Waals surface area contributed by atoms with Crippen LogP contribution in [0.1, 0.15) is 25.3 Å². The highest BCUT2D eigenvalue weighted by molar-refractivity contribution is 7.99. The minimum absolute atomic E-state index is 0.310. The first-order chi connectivity index (χ1) is 8.31. The van der Waals surface area contributed by atoms with E-state index in [1.807, 2.05) is 18.7 Å². The summed E-state index contributed by atoms with van der Waals surface area (Å²) in [4.78, 5) is 1.46. The molecule has 1 heterocycles. The van der Waals surface area contributed by atoms with E-state index >= 15 is 0 Å². The molecule has 0 saturated heterocycles. The first-order valence-electron chi connectivity index (χ1n) is 6.35. The molecule has 0 aromatic heterocycles. The van der Waals surface area contributed by atoms with E-state index in [9.17, 15) is 0 Å². The van der Waals surface area contributed by atoms with Crippen LogP contribution in [0.15, 0.2) is 29.2 Å². The Bertz CT molecular complexity index is 356. The standard InChI is InChI=1S/C14H21NOS/c1-3-16-11(2)8-15-9-12-10-17-14-7-5-4-6-13(12)14/h4-7,11-12,15H,3,8-10H2,1-2H3. The maximum Gasteiger partial charge on any atom is 0.0671 e. The van der Waals surface area contributed by atoms with Crippen molar-refractivity contribution in [1.82, 2.24) is 5.32 Å². The van der Waals surface area contributed by atoms with E-state index in [2.05, 4.69) is 36.5 Å². The lowest BCUT2D eigenvalue weighted by molar-refractivity contribution is 0.0761. The highest BCUT2D eigenvalue weighted by Gasteiger charge is 2.22. The van der Waals surface area contributed by atoms with Crippen molar-refractivity contribution in [2.45, 2.75) is 30.8 Å². The summed E-state index contributed by atoms with van der Waals surface area (Å²) in [5, 5.41) is 3.51. The van der Waals surface area contributed by atoms with E-state index in [-0.39, 0.29) is 0 Å². The molecular weight excluding hydrogens is 230 g/mol. The van der Waals surface area contributed by atoms with Gasteiger partial charge in [-0.05, 0) is 25.5 Å². The second-order valence-corrected chi connectivity index (χ2v) is 5.53. The molecule has 1 N–H and O–H groups in total. The summed E-state index contributed by atoms with van der Waals surface area (Å²) in [6.07, 6.45) is 0.310. The molecule has 0 aliphatic carbocycles. The highest BCUT2D eigenvalue weighted by atomic mass is 32.2. The molecule has 1 aromatic carbocycles. The Kier molecular flexibility index (Phi) is 4.89. The molecule has 0 radical (unpaired) electrons. The molecule has 0 spiro atoms. The third-order valence-corrected chi connectivity index (χ3v) is 4.32. The van der Waals surface area contributed by atoms with Crippen LogP contribution in [0, 0.1) is 0 Å². The summed E-state index contributed by atoms with van der Waals surface area (Å²) in [5.41, 5.74) is 1.51. The summed E-state index contributed by atoms with van der Waals surface area (Å²) < 4.78 is 5.51. The molecule has 1 aromatic rings. The zero-order valence-corrected chi connectivity index (χ0v) is 11.4. The van der Waals surface area contributed by atoms with Crippen molar-refractivity contribution < 1.29 is 4.74 Å². The fourth-order valence-corrected chi connectivity index (χ4v) is 3.46. The van der Waals surface area contributed by atoms with Gasteiger partial charge in [-0.15, -0.1) is 11.8 Å². The van der Waals surface area contributed by atoms with Crippen LogP contribution in [-0.4, -0.2) is 31.6 Å². The molecule has 2 atom stereocenters. The Labute approximate surface area is 108 Å². The summed E-state index contributed by atoms with van der Waals surface area (Å²) in [7, 11) is 0. The lowest BCUT2D eigenvalue weighted by atomic mass is 10.0. The summed E-state index contributed by atoms with van der Waals surface area (Å²) in [6, 6.07) is 8.75. The second-order valence-electron chi connectivity index (χ2n) is 4.47. The molecule has 0 fully saturated rings. The van der Waals surface area contributed by atoms with Gasteiger partial charge in [0.2, 0.25) is 0 Å². The average Bonchev–Trinajstić information content (AvgIpc) is 2.73. The zero-order valence-electron chi connectivity index (χ0n) is 10.6. The average molecular weight is 251 g/mol. The number of hydrogen-bond donors (Lipinski definition) is 1. The van der Waals surface area contributed by atoms with Crippen LogP contribution in [0.3, 0.4) is 0 Å². The van der Waals surface area contributed by atoms with Crippen LogP contribution in [0.25, 0.3) is 0 Å². The monoisotopic (exact) mass is 251 g/mol. The second kappa shape index (κ2) is 6.43. The number of thioether (sulfide) groups is 1. The van der Waals surface area contributed by atoms with Gasteiger partial charge in [0.05, 0.1) is 6.10 Å². The van der Waals surface area contributed by atoms with Crippen molar-refractivity contribution >= 4 is 11.8 Å². The van der Waals surface area contributed by atoms with Gasteiger partial charge in [-0.1, -0.05) is 18.2 Å². The van der Waals surface area contributed by atoms with Crippen LogP contribution in [-0.2, 0) is 4.74 Å². The largest absolute Gasteiger partial charge is 0.377 e. The number of fused-ring (bicyclic) bond motifs is 1. The lowest BCUT2D eigenvalue weighted by Crippen LogP contribution is -2.30. The van der Waals surface area contributed by atoms with Gasteiger partial charge in [-0.3, -0.25) is 0 Å². The smallest absolute Gasteiger partial charge is 0.0671 e. The molecule has 1 aliphatic rings. The van der Waals surface area contributed by atoms with E-state index in [0.717, 1.165) is 19.7 Å². The molecular formula is C14H21NOS. The Morgan fingerprint density at radius 2 is 2.29 bits per heavy atom. The third-order valence-electron chi connectivity index (χ3n) is 3.07. The number of ether oxygens (including phenoxy) is 1. The van der Waals surface area contributed by atoms with Crippen molar-refractivity contribution in [2.75, 3.05) is 25.4 Å².